The van der Waals surface area contributed by atoms with Gasteiger partial charge in [-0.25, -0.2) is 15.0 Å². The summed E-state index contributed by atoms with van der Waals surface area (Å²) in [5, 5.41) is 3.53. The van der Waals surface area contributed by atoms with Crippen LogP contribution in [0.3, 0.4) is 0 Å². The van der Waals surface area contributed by atoms with Gasteiger partial charge in [-0.05, 0) is 71.3 Å². The van der Waals surface area contributed by atoms with Gasteiger partial charge in [0.15, 0.2) is 17.5 Å². The molecule has 0 aliphatic carbocycles. The minimum Gasteiger partial charge on any atom is -0.309 e. The number of fused-ring (bicyclic) bond motifs is 6. The summed E-state index contributed by atoms with van der Waals surface area (Å²) in [4.78, 5) is 15.2. The second kappa shape index (κ2) is 13.3. The summed E-state index contributed by atoms with van der Waals surface area (Å²) in [5.74, 6) is 1.19. The van der Waals surface area contributed by atoms with E-state index in [4.69, 9.17) is 28.7 Å². The van der Waals surface area contributed by atoms with E-state index in [-0.39, 0.29) is 22.3 Å². The molecule has 0 amide bonds. The van der Waals surface area contributed by atoms with Gasteiger partial charge in [0, 0.05) is 58.9 Å². The first-order valence-corrected chi connectivity index (χ1v) is 18.8. The topological polar surface area (TPSA) is 43.6 Å². The molecule has 5 heteroatoms. The van der Waals surface area contributed by atoms with Crippen LogP contribution in [-0.2, 0) is 0 Å². The number of hydrogen-bond donors (Lipinski definition) is 0. The van der Waals surface area contributed by atoms with Crippen LogP contribution >= 0.6 is 11.3 Å². The molecule has 56 heavy (non-hydrogen) atoms. The molecule has 0 atom stereocenters. The van der Waals surface area contributed by atoms with E-state index in [0.717, 1.165) is 43.3 Å². The lowest BCUT2D eigenvalue weighted by molar-refractivity contribution is 1.07. The maximum absolute atomic E-state index is 9.00. The second-order valence-corrected chi connectivity index (χ2v) is 14.3. The van der Waals surface area contributed by atoms with Gasteiger partial charge >= 0.3 is 0 Å². The van der Waals surface area contributed by atoms with Gasteiger partial charge in [0.2, 0.25) is 0 Å². The van der Waals surface area contributed by atoms with E-state index in [1.54, 1.807) is 12.1 Å². The fraction of sp³-hybridized carbons (Fsp3) is 0. The van der Waals surface area contributed by atoms with Crippen LogP contribution in [0.2, 0.25) is 0 Å². The monoisotopic (exact) mass is 742 g/mol. The molecule has 3 aromatic heterocycles. The molecular weight excluding hydrogens is 701 g/mol. The summed E-state index contributed by atoms with van der Waals surface area (Å²) in [5.41, 5.74) is 5.54. The van der Waals surface area contributed by atoms with E-state index in [1.807, 2.05) is 97.1 Å². The quantitative estimate of drug-likeness (QED) is 0.170. The first kappa shape index (κ1) is 23.5. The van der Waals surface area contributed by atoms with Crippen molar-refractivity contribution in [2.75, 3.05) is 0 Å². The van der Waals surface area contributed by atoms with Crippen molar-refractivity contribution in [3.05, 3.63) is 194 Å². The summed E-state index contributed by atoms with van der Waals surface area (Å²) < 4.78 is 90.1. The molecule has 0 spiro atoms. The summed E-state index contributed by atoms with van der Waals surface area (Å²) in [6, 6.07) is 38.3. The normalized spacial score (nSPS) is 14.1. The molecule has 11 rings (SSSR count). The molecule has 262 valence electrons. The molecule has 0 aliphatic heterocycles. The van der Waals surface area contributed by atoms with E-state index >= 15 is 0 Å². The van der Waals surface area contributed by atoms with E-state index in [0.29, 0.717) is 38.5 Å². The van der Waals surface area contributed by atoms with Gasteiger partial charge in [-0.2, -0.15) is 0 Å². The second-order valence-electron chi connectivity index (χ2n) is 13.3. The SMILES string of the molecule is [2H]c1c([2H])c([2H])c(-c2cc(-c3c([2H])c([2H])c([2H])c([2H])c3[2H])c3sc4cccc(-c5nc(-c6ccccc6)nc(-c6ccc(-n7c8ccccc8c8ccccc87)cc6)n5)c4c3c2)c([2H])c1[2H]. The Morgan fingerprint density at radius 2 is 1.02 bits per heavy atom. The molecule has 4 nitrogen and oxygen atoms in total. The Balaban J connectivity index is 1.16. The number of para-hydroxylation sites is 2. The van der Waals surface area contributed by atoms with Crippen molar-refractivity contribution in [2.24, 2.45) is 0 Å². The van der Waals surface area contributed by atoms with E-state index in [1.165, 1.54) is 11.3 Å². The molecule has 0 saturated heterocycles. The highest BCUT2D eigenvalue weighted by atomic mass is 32.1. The zero-order valence-corrected chi connectivity index (χ0v) is 30.2. The predicted molar refractivity (Wildman–Crippen MR) is 234 cm³/mol. The van der Waals surface area contributed by atoms with Crippen molar-refractivity contribution < 1.29 is 13.7 Å². The average molecular weight is 743 g/mol. The molecule has 8 aromatic carbocycles. The number of rotatable bonds is 6. The van der Waals surface area contributed by atoms with Gasteiger partial charge in [-0.15, -0.1) is 11.3 Å². The number of nitrogens with zero attached hydrogens (tertiary/aromatic N) is 4. The van der Waals surface area contributed by atoms with Crippen LogP contribution < -0.4 is 0 Å². The average Bonchev–Trinajstić information content (AvgIpc) is 3.90. The van der Waals surface area contributed by atoms with Crippen LogP contribution in [0.5, 0.6) is 0 Å². The van der Waals surface area contributed by atoms with Crippen LogP contribution in [0.4, 0.5) is 0 Å². The lowest BCUT2D eigenvalue weighted by atomic mass is 9.95. The molecule has 0 saturated carbocycles. The highest BCUT2D eigenvalue weighted by molar-refractivity contribution is 7.26. The molecule has 0 aliphatic rings. The fourth-order valence-corrected chi connectivity index (χ4v) is 8.76. The lowest BCUT2D eigenvalue weighted by Gasteiger charge is -2.12. The van der Waals surface area contributed by atoms with E-state index in [2.05, 4.69) is 28.8 Å². The third-order valence-electron chi connectivity index (χ3n) is 10.0. The maximum atomic E-state index is 9.00. The minimum absolute atomic E-state index is 0.0773. The van der Waals surface area contributed by atoms with Crippen LogP contribution in [0.1, 0.15) is 13.7 Å². The maximum Gasteiger partial charge on any atom is 0.164 e. The zero-order valence-electron chi connectivity index (χ0n) is 39.4. The third-order valence-corrected chi connectivity index (χ3v) is 11.2. The summed E-state index contributed by atoms with van der Waals surface area (Å²) in [6.07, 6.45) is 0. The van der Waals surface area contributed by atoms with Crippen LogP contribution in [-0.4, -0.2) is 19.5 Å². The summed E-state index contributed by atoms with van der Waals surface area (Å²) in [6.45, 7) is 0. The molecular formula is C51H32N4S. The molecule has 11 aromatic rings. The highest BCUT2D eigenvalue weighted by Crippen LogP contribution is 2.46. The Morgan fingerprint density at radius 3 is 1.70 bits per heavy atom. The number of thiophene rings is 1. The van der Waals surface area contributed by atoms with Crippen LogP contribution in [0, 0.1) is 0 Å². The van der Waals surface area contributed by atoms with Crippen LogP contribution in [0.15, 0.2) is 194 Å². The highest BCUT2D eigenvalue weighted by Gasteiger charge is 2.20. The molecule has 0 N–H and O–H groups in total. The Bertz CT molecular complexity index is 3720. The summed E-state index contributed by atoms with van der Waals surface area (Å²) in [7, 11) is 0. The lowest BCUT2D eigenvalue weighted by Crippen LogP contribution is -2.01. The minimum atomic E-state index is -0.551. The fourth-order valence-electron chi connectivity index (χ4n) is 7.53. The zero-order chi connectivity index (χ0) is 45.7. The van der Waals surface area contributed by atoms with Crippen LogP contribution in [0.25, 0.3) is 104 Å². The molecule has 0 unspecified atom stereocenters. The van der Waals surface area contributed by atoms with E-state index < -0.39 is 60.4 Å². The smallest absolute Gasteiger partial charge is 0.164 e. The van der Waals surface area contributed by atoms with Crippen molar-refractivity contribution in [3.8, 4) is 62.1 Å². The van der Waals surface area contributed by atoms with Crippen molar-refractivity contribution in [3.63, 3.8) is 0 Å². The number of hydrogen-bond acceptors (Lipinski definition) is 4. The molecule has 3 heterocycles. The van der Waals surface area contributed by atoms with Crippen molar-refractivity contribution >= 4 is 53.3 Å². The summed E-state index contributed by atoms with van der Waals surface area (Å²) >= 11 is 1.34. The Morgan fingerprint density at radius 1 is 0.429 bits per heavy atom. The Labute approximate surface area is 341 Å². The van der Waals surface area contributed by atoms with Crippen molar-refractivity contribution in [1.82, 2.24) is 19.5 Å². The van der Waals surface area contributed by atoms with E-state index in [9.17, 15) is 0 Å². The van der Waals surface area contributed by atoms with Gasteiger partial charge in [-0.3, -0.25) is 0 Å². The van der Waals surface area contributed by atoms with Crippen molar-refractivity contribution in [1.29, 1.82) is 0 Å². The predicted octanol–water partition coefficient (Wildman–Crippen LogP) is 13.7. The van der Waals surface area contributed by atoms with Gasteiger partial charge in [0.1, 0.15) is 0 Å². The number of aromatic nitrogens is 4. The van der Waals surface area contributed by atoms with Gasteiger partial charge < -0.3 is 4.57 Å². The van der Waals surface area contributed by atoms with Crippen molar-refractivity contribution in [2.45, 2.75) is 0 Å². The molecule has 0 radical (unpaired) electrons. The Kier molecular flexibility index (Phi) is 5.58. The number of benzene rings is 8. The molecule has 0 fully saturated rings. The van der Waals surface area contributed by atoms with Gasteiger partial charge in [-0.1, -0.05) is 139 Å². The molecule has 0 bridgehead atoms. The first-order chi connectivity index (χ1) is 31.9. The standard InChI is InChI=1S/C51H32N4S/c1-4-15-33(16-5-1)37-31-42(34-17-6-2-7-18-34)48-43(32-37)47-41(23-14-26-46(47)56-48)51-53-49(35-19-8-3-9-20-35)52-50(54-51)36-27-29-38(30-28-36)55-44-24-12-10-21-39(44)40-22-11-13-25-45(40)55/h1-32H/i1D,2D,4D,5D,6D,7D,15D,16D,17D,18D. The third kappa shape index (κ3) is 5.40. The largest absolute Gasteiger partial charge is 0.309 e. The van der Waals surface area contributed by atoms with Gasteiger partial charge in [0.25, 0.3) is 0 Å². The first-order valence-electron chi connectivity index (χ1n) is 23.0. The van der Waals surface area contributed by atoms with Gasteiger partial charge in [0.05, 0.1) is 24.7 Å². The Hall–Kier alpha value is -7.21.